The normalized spacial score (nSPS) is 10.9. The fraction of sp³-hybridized carbons (Fsp3) is 0.882. The molecule has 0 aliphatic carbocycles. The zero-order valence-electron chi connectivity index (χ0n) is 15.3. The van der Waals surface area contributed by atoms with Crippen LogP contribution in [0.5, 0.6) is 0 Å². The van der Waals surface area contributed by atoms with Crippen LogP contribution in [0.15, 0.2) is 0 Å². The SMILES string of the molecule is CC(N)C(=O)O.CCCCCCCCCCCCCC(=O)[O-].[Na+]. The van der Waals surface area contributed by atoms with E-state index >= 15 is 0 Å². The van der Waals surface area contributed by atoms with Crippen LogP contribution in [-0.2, 0) is 9.59 Å². The molecular weight excluding hydrogens is 305 g/mol. The quantitative estimate of drug-likeness (QED) is 0.359. The molecule has 0 bridgehead atoms. The third-order valence-electron chi connectivity index (χ3n) is 3.37. The molecule has 0 radical (unpaired) electrons. The topological polar surface area (TPSA) is 103 Å². The van der Waals surface area contributed by atoms with Gasteiger partial charge in [-0.15, -0.1) is 0 Å². The number of carboxylic acids is 2. The molecule has 132 valence electrons. The van der Waals surface area contributed by atoms with Gasteiger partial charge in [-0.1, -0.05) is 71.1 Å². The van der Waals surface area contributed by atoms with Crippen molar-refractivity contribution in [2.45, 2.75) is 96.9 Å². The Morgan fingerprint density at radius 2 is 1.22 bits per heavy atom. The summed E-state index contributed by atoms with van der Waals surface area (Å²) in [7, 11) is 0. The Bertz CT molecular complexity index is 273. The summed E-state index contributed by atoms with van der Waals surface area (Å²) < 4.78 is 0. The van der Waals surface area contributed by atoms with Gasteiger partial charge in [0.1, 0.15) is 6.04 Å². The van der Waals surface area contributed by atoms with Crippen LogP contribution in [-0.4, -0.2) is 23.1 Å². The van der Waals surface area contributed by atoms with Crippen molar-refractivity contribution in [2.24, 2.45) is 5.73 Å². The summed E-state index contributed by atoms with van der Waals surface area (Å²) >= 11 is 0. The average Bonchev–Trinajstić information content (AvgIpc) is 2.45. The standard InChI is InChI=1S/C14H28O2.C3H7NO2.Na/c1-2-3-4-5-6-7-8-9-10-11-12-13-14(15)16;1-2(4)3(5)6;/h2-13H2,1H3,(H,15,16);2H,4H2,1H3,(H,5,6);/q;;+1/p-1. The molecule has 0 saturated carbocycles. The van der Waals surface area contributed by atoms with E-state index in [2.05, 4.69) is 6.92 Å². The average molecular weight is 339 g/mol. The van der Waals surface area contributed by atoms with Crippen LogP contribution in [0, 0.1) is 0 Å². The second-order valence-corrected chi connectivity index (χ2v) is 5.78. The van der Waals surface area contributed by atoms with Gasteiger partial charge in [-0.3, -0.25) is 4.79 Å². The van der Waals surface area contributed by atoms with Crippen LogP contribution in [0.25, 0.3) is 0 Å². The first-order valence-corrected chi connectivity index (χ1v) is 8.60. The number of hydrogen-bond acceptors (Lipinski definition) is 4. The van der Waals surface area contributed by atoms with Crippen molar-refractivity contribution in [1.82, 2.24) is 0 Å². The minimum Gasteiger partial charge on any atom is -0.550 e. The minimum absolute atomic E-state index is 0. The second kappa shape index (κ2) is 21.9. The third kappa shape index (κ3) is 30.4. The van der Waals surface area contributed by atoms with Gasteiger partial charge in [-0.25, -0.2) is 0 Å². The number of unbranched alkanes of at least 4 members (excludes halogenated alkanes) is 10. The maximum atomic E-state index is 10.1. The Morgan fingerprint density at radius 3 is 1.48 bits per heavy atom. The van der Waals surface area contributed by atoms with E-state index in [1.165, 1.54) is 64.7 Å². The van der Waals surface area contributed by atoms with Gasteiger partial charge in [0.15, 0.2) is 0 Å². The number of carboxylic acid groups (broad SMARTS) is 2. The summed E-state index contributed by atoms with van der Waals surface area (Å²) in [5.41, 5.74) is 4.84. The summed E-state index contributed by atoms with van der Waals surface area (Å²) in [5.74, 6) is -1.87. The molecule has 0 aromatic rings. The molecule has 0 amide bonds. The first-order chi connectivity index (χ1) is 10.4. The van der Waals surface area contributed by atoms with Crippen molar-refractivity contribution >= 4 is 11.9 Å². The van der Waals surface area contributed by atoms with Crippen molar-refractivity contribution < 1.29 is 49.4 Å². The van der Waals surface area contributed by atoms with E-state index in [4.69, 9.17) is 10.8 Å². The number of rotatable bonds is 13. The van der Waals surface area contributed by atoms with E-state index in [0.717, 1.165) is 12.8 Å². The van der Waals surface area contributed by atoms with Gasteiger partial charge < -0.3 is 20.7 Å². The largest absolute Gasteiger partial charge is 1.00 e. The van der Waals surface area contributed by atoms with E-state index in [9.17, 15) is 14.7 Å². The predicted octanol–water partition coefficient (Wildman–Crippen LogP) is -0.140. The van der Waals surface area contributed by atoms with Crippen LogP contribution in [0.4, 0.5) is 0 Å². The molecule has 0 spiro atoms. The van der Waals surface area contributed by atoms with Crippen molar-refractivity contribution in [3.05, 3.63) is 0 Å². The molecule has 0 aromatic carbocycles. The Labute approximate surface area is 163 Å². The summed E-state index contributed by atoms with van der Waals surface area (Å²) in [4.78, 5) is 19.7. The molecule has 1 atom stereocenters. The molecule has 0 aliphatic heterocycles. The Morgan fingerprint density at radius 1 is 0.913 bits per heavy atom. The molecule has 5 nitrogen and oxygen atoms in total. The van der Waals surface area contributed by atoms with Gasteiger partial charge in [0.25, 0.3) is 0 Å². The van der Waals surface area contributed by atoms with E-state index in [-0.39, 0.29) is 36.0 Å². The van der Waals surface area contributed by atoms with Crippen molar-refractivity contribution in [3.63, 3.8) is 0 Å². The summed E-state index contributed by atoms with van der Waals surface area (Å²) in [6, 6.07) is -0.731. The smallest absolute Gasteiger partial charge is 0.550 e. The first-order valence-electron chi connectivity index (χ1n) is 8.60. The maximum absolute atomic E-state index is 10.1. The van der Waals surface area contributed by atoms with E-state index < -0.39 is 18.0 Å². The van der Waals surface area contributed by atoms with Crippen molar-refractivity contribution in [2.75, 3.05) is 0 Å². The Balaban J connectivity index is -0.000000487. The van der Waals surface area contributed by atoms with Crippen molar-refractivity contribution in [1.29, 1.82) is 0 Å². The molecule has 0 aromatic heterocycles. The van der Waals surface area contributed by atoms with Crippen LogP contribution in [0.2, 0.25) is 0 Å². The molecule has 23 heavy (non-hydrogen) atoms. The minimum atomic E-state index is -0.963. The molecule has 0 aliphatic rings. The van der Waals surface area contributed by atoms with E-state index in [0.29, 0.717) is 0 Å². The van der Waals surface area contributed by atoms with Gasteiger partial charge in [0.2, 0.25) is 0 Å². The number of nitrogens with two attached hydrogens (primary N) is 1. The van der Waals surface area contributed by atoms with Gasteiger partial charge in [-0.2, -0.15) is 0 Å². The number of carbonyl (C=O) groups excluding carboxylic acids is 1. The van der Waals surface area contributed by atoms with Gasteiger partial charge in [0, 0.05) is 5.97 Å². The zero-order chi connectivity index (χ0) is 17.2. The summed E-state index contributed by atoms with van der Waals surface area (Å²) in [5, 5.41) is 18.0. The fourth-order valence-electron chi connectivity index (χ4n) is 1.93. The van der Waals surface area contributed by atoms with Crippen LogP contribution in [0.3, 0.4) is 0 Å². The van der Waals surface area contributed by atoms with Crippen molar-refractivity contribution in [3.8, 4) is 0 Å². The number of hydrogen-bond donors (Lipinski definition) is 2. The third-order valence-corrected chi connectivity index (χ3v) is 3.37. The van der Waals surface area contributed by atoms with Crippen LogP contribution < -0.4 is 40.4 Å². The molecular formula is C17H34NNaO4. The van der Waals surface area contributed by atoms with Crippen LogP contribution in [0.1, 0.15) is 90.9 Å². The molecule has 6 heteroatoms. The van der Waals surface area contributed by atoms with E-state index in [1.807, 2.05) is 0 Å². The number of carbonyl (C=O) groups is 2. The molecule has 1 unspecified atom stereocenters. The Kier molecular flexibility index (Phi) is 26.4. The number of aliphatic carboxylic acids is 2. The second-order valence-electron chi connectivity index (χ2n) is 5.78. The summed E-state index contributed by atoms with van der Waals surface area (Å²) in [6.45, 7) is 3.66. The first kappa shape index (κ1) is 27.7. The molecule has 0 rings (SSSR count). The van der Waals surface area contributed by atoms with E-state index in [1.54, 1.807) is 0 Å². The molecule has 0 heterocycles. The zero-order valence-corrected chi connectivity index (χ0v) is 17.3. The van der Waals surface area contributed by atoms with Gasteiger partial charge >= 0.3 is 35.5 Å². The molecule has 0 saturated heterocycles. The van der Waals surface area contributed by atoms with Gasteiger partial charge in [0.05, 0.1) is 0 Å². The fourth-order valence-corrected chi connectivity index (χ4v) is 1.93. The molecule has 0 fully saturated rings. The monoisotopic (exact) mass is 339 g/mol. The maximum Gasteiger partial charge on any atom is 1.00 e. The molecule has 3 N–H and O–H groups in total. The Hall–Kier alpha value is -0.100. The predicted molar refractivity (Wildman–Crippen MR) is 87.4 cm³/mol. The van der Waals surface area contributed by atoms with Crippen LogP contribution >= 0.6 is 0 Å². The van der Waals surface area contributed by atoms with Gasteiger partial charge in [-0.05, 0) is 19.8 Å². The summed E-state index contributed by atoms with van der Waals surface area (Å²) in [6.07, 6.45) is 14.0.